The molecule has 2 aromatic carbocycles. The molecule has 6 heteroatoms. The predicted octanol–water partition coefficient (Wildman–Crippen LogP) is 6.08. The fraction of sp³-hybridized carbons (Fsp3) is 0.385. The second-order valence-electron chi connectivity index (χ2n) is 8.37. The number of hydrogen-bond acceptors (Lipinski definition) is 4. The van der Waals surface area contributed by atoms with E-state index in [0.29, 0.717) is 23.2 Å². The molecule has 0 aromatic heterocycles. The van der Waals surface area contributed by atoms with Crippen LogP contribution in [0.1, 0.15) is 68.7 Å². The summed E-state index contributed by atoms with van der Waals surface area (Å²) in [6.45, 7) is 6.74. The van der Waals surface area contributed by atoms with Gasteiger partial charge in [-0.2, -0.15) is 0 Å². The lowest BCUT2D eigenvalue weighted by molar-refractivity contribution is -0.139. The molecule has 0 bridgehead atoms. The summed E-state index contributed by atoms with van der Waals surface area (Å²) in [6.07, 6.45) is 2.73. The van der Waals surface area contributed by atoms with Crippen molar-refractivity contribution in [2.75, 3.05) is 13.7 Å². The number of ketones is 1. The highest BCUT2D eigenvalue weighted by Gasteiger charge is 2.46. The smallest absolute Gasteiger partial charge is 0.295 e. The van der Waals surface area contributed by atoms with Gasteiger partial charge in [-0.15, -0.1) is 0 Å². The van der Waals surface area contributed by atoms with E-state index >= 15 is 0 Å². The van der Waals surface area contributed by atoms with Gasteiger partial charge in [0.15, 0.2) is 0 Å². The molecule has 1 atom stereocenters. The Morgan fingerprint density at radius 2 is 1.81 bits per heavy atom. The Labute approximate surface area is 194 Å². The number of ether oxygens (including phenoxy) is 1. The Morgan fingerprint density at radius 3 is 2.41 bits per heavy atom. The summed E-state index contributed by atoms with van der Waals surface area (Å²) in [5, 5.41) is 11.6. The molecule has 1 amide bonds. The Hall–Kier alpha value is -2.79. The van der Waals surface area contributed by atoms with Gasteiger partial charge in [0.25, 0.3) is 11.7 Å². The minimum absolute atomic E-state index is 0.0596. The first kappa shape index (κ1) is 23.9. The van der Waals surface area contributed by atoms with Gasteiger partial charge in [-0.25, -0.2) is 0 Å². The minimum atomic E-state index is -0.695. The Kier molecular flexibility index (Phi) is 7.62. The maximum atomic E-state index is 13.1. The SMILES string of the molecule is CCCCCN1C(=O)C(=O)/C(=C(/O)c2cc(Cl)ccc2OC)C1c1ccc(C(C)C)cc1. The standard InChI is InChI=1S/C26H30ClNO4/c1-5-6-7-14-28-23(18-10-8-17(9-11-18)16(2)3)22(25(30)26(28)31)24(29)20-15-19(27)12-13-21(20)32-4/h8-13,15-16,23,29H,5-7,14H2,1-4H3/b24-22+. The van der Waals surface area contributed by atoms with E-state index in [4.69, 9.17) is 16.3 Å². The van der Waals surface area contributed by atoms with Crippen molar-refractivity contribution in [2.24, 2.45) is 0 Å². The second kappa shape index (κ2) is 10.2. The van der Waals surface area contributed by atoms with Crippen molar-refractivity contribution in [1.29, 1.82) is 0 Å². The van der Waals surface area contributed by atoms with E-state index < -0.39 is 17.7 Å². The maximum Gasteiger partial charge on any atom is 0.295 e. The number of unbranched alkanes of at least 4 members (excludes halogenated alkanes) is 2. The fourth-order valence-corrected chi connectivity index (χ4v) is 4.23. The Morgan fingerprint density at radius 1 is 1.12 bits per heavy atom. The summed E-state index contributed by atoms with van der Waals surface area (Å²) in [7, 11) is 1.48. The third-order valence-electron chi connectivity index (χ3n) is 5.88. The quantitative estimate of drug-likeness (QED) is 0.226. The van der Waals surface area contributed by atoms with Gasteiger partial charge in [-0.05, 0) is 41.7 Å². The second-order valence-corrected chi connectivity index (χ2v) is 8.80. The molecule has 1 aliphatic rings. The van der Waals surface area contributed by atoms with Gasteiger partial charge in [0.1, 0.15) is 11.5 Å². The average molecular weight is 456 g/mol. The van der Waals surface area contributed by atoms with Gasteiger partial charge in [0, 0.05) is 11.6 Å². The molecule has 1 heterocycles. The summed E-state index contributed by atoms with van der Waals surface area (Å²) in [4.78, 5) is 27.7. The van der Waals surface area contributed by atoms with E-state index in [0.717, 1.165) is 30.4 Å². The van der Waals surface area contributed by atoms with Crippen LogP contribution >= 0.6 is 11.6 Å². The van der Waals surface area contributed by atoms with Crippen molar-refractivity contribution in [3.8, 4) is 5.75 Å². The van der Waals surface area contributed by atoms with Crippen LogP contribution in [0.5, 0.6) is 5.75 Å². The van der Waals surface area contributed by atoms with Crippen LogP contribution in [-0.2, 0) is 9.59 Å². The summed E-state index contributed by atoms with van der Waals surface area (Å²) in [5.41, 5.74) is 2.29. The molecule has 0 radical (unpaired) electrons. The molecule has 0 spiro atoms. The number of halogens is 1. The number of hydrogen-bond donors (Lipinski definition) is 1. The van der Waals surface area contributed by atoms with Crippen molar-refractivity contribution >= 4 is 29.1 Å². The highest BCUT2D eigenvalue weighted by molar-refractivity contribution is 6.46. The van der Waals surface area contributed by atoms with Crippen LogP contribution in [-0.4, -0.2) is 35.4 Å². The summed E-state index contributed by atoms with van der Waals surface area (Å²) >= 11 is 6.15. The lowest BCUT2D eigenvalue weighted by atomic mass is 9.93. The van der Waals surface area contributed by atoms with E-state index in [1.54, 1.807) is 23.1 Å². The molecule has 5 nitrogen and oxygen atoms in total. The van der Waals surface area contributed by atoms with Crippen LogP contribution in [0.2, 0.25) is 5.02 Å². The predicted molar refractivity (Wildman–Crippen MR) is 127 cm³/mol. The first-order valence-corrected chi connectivity index (χ1v) is 11.4. The van der Waals surface area contributed by atoms with Crippen molar-refractivity contribution in [2.45, 2.75) is 52.0 Å². The average Bonchev–Trinajstić information content (AvgIpc) is 3.03. The molecule has 1 N–H and O–H groups in total. The van der Waals surface area contributed by atoms with Crippen LogP contribution < -0.4 is 4.74 Å². The van der Waals surface area contributed by atoms with Gasteiger partial charge >= 0.3 is 0 Å². The van der Waals surface area contributed by atoms with Crippen LogP contribution in [0.15, 0.2) is 48.0 Å². The highest BCUT2D eigenvalue weighted by Crippen LogP contribution is 2.41. The minimum Gasteiger partial charge on any atom is -0.507 e. The van der Waals surface area contributed by atoms with E-state index in [2.05, 4.69) is 20.8 Å². The van der Waals surface area contributed by atoms with Crippen molar-refractivity contribution < 1.29 is 19.4 Å². The van der Waals surface area contributed by atoms with E-state index in [-0.39, 0.29) is 16.9 Å². The number of methoxy groups -OCH3 is 1. The van der Waals surface area contributed by atoms with Gasteiger partial charge in [-0.1, -0.05) is 69.5 Å². The number of amides is 1. The highest BCUT2D eigenvalue weighted by atomic mass is 35.5. The molecule has 2 aromatic rings. The van der Waals surface area contributed by atoms with Crippen molar-refractivity contribution in [3.05, 3.63) is 69.8 Å². The lowest BCUT2D eigenvalue weighted by Gasteiger charge is -2.26. The Bertz CT molecular complexity index is 1030. The van der Waals surface area contributed by atoms with Crippen molar-refractivity contribution in [1.82, 2.24) is 4.90 Å². The molecule has 3 rings (SSSR count). The van der Waals surface area contributed by atoms with Gasteiger partial charge in [0.2, 0.25) is 0 Å². The number of carbonyl (C=O) groups is 2. The number of aliphatic hydroxyl groups is 1. The molecule has 32 heavy (non-hydrogen) atoms. The van der Waals surface area contributed by atoms with Crippen LogP contribution in [0, 0.1) is 0 Å². The fourth-order valence-electron chi connectivity index (χ4n) is 4.06. The van der Waals surface area contributed by atoms with Crippen LogP contribution in [0.25, 0.3) is 5.76 Å². The normalized spacial score (nSPS) is 17.9. The molecular formula is C26H30ClNO4. The first-order chi connectivity index (χ1) is 15.3. The zero-order chi connectivity index (χ0) is 23.4. The molecule has 0 saturated carbocycles. The number of Topliss-reactive ketones (excluding diaryl/α,β-unsaturated/α-hetero) is 1. The van der Waals surface area contributed by atoms with Gasteiger partial charge < -0.3 is 14.7 Å². The largest absolute Gasteiger partial charge is 0.507 e. The number of rotatable bonds is 8. The topological polar surface area (TPSA) is 66.8 Å². The monoisotopic (exact) mass is 455 g/mol. The lowest BCUT2D eigenvalue weighted by Crippen LogP contribution is -2.30. The molecule has 1 unspecified atom stereocenters. The van der Waals surface area contributed by atoms with Crippen LogP contribution in [0.3, 0.4) is 0 Å². The molecule has 1 saturated heterocycles. The molecule has 1 fully saturated rings. The number of carbonyl (C=O) groups excluding carboxylic acids is 2. The molecular weight excluding hydrogens is 426 g/mol. The van der Waals surface area contributed by atoms with E-state index in [1.807, 2.05) is 24.3 Å². The molecule has 1 aliphatic heterocycles. The number of aliphatic hydroxyl groups excluding tert-OH is 1. The first-order valence-electron chi connectivity index (χ1n) is 11.0. The number of nitrogens with zero attached hydrogens (tertiary/aromatic N) is 1. The van der Waals surface area contributed by atoms with Gasteiger partial charge in [0.05, 0.1) is 24.3 Å². The van der Waals surface area contributed by atoms with Crippen molar-refractivity contribution in [3.63, 3.8) is 0 Å². The zero-order valence-electron chi connectivity index (χ0n) is 19.0. The third kappa shape index (κ3) is 4.68. The third-order valence-corrected chi connectivity index (χ3v) is 6.11. The van der Waals surface area contributed by atoms with Crippen LogP contribution in [0.4, 0.5) is 0 Å². The number of benzene rings is 2. The van der Waals surface area contributed by atoms with Gasteiger partial charge in [-0.3, -0.25) is 9.59 Å². The maximum absolute atomic E-state index is 13.1. The summed E-state index contributed by atoms with van der Waals surface area (Å²) < 4.78 is 5.37. The van der Waals surface area contributed by atoms with E-state index in [9.17, 15) is 14.7 Å². The van der Waals surface area contributed by atoms with E-state index in [1.165, 1.54) is 7.11 Å². The number of likely N-dealkylation sites (tertiary alicyclic amines) is 1. The zero-order valence-corrected chi connectivity index (χ0v) is 19.8. The molecule has 170 valence electrons. The molecule has 0 aliphatic carbocycles. The summed E-state index contributed by atoms with van der Waals surface area (Å²) in [6, 6.07) is 12.0. The summed E-state index contributed by atoms with van der Waals surface area (Å²) in [5.74, 6) is -0.840. The Balaban J connectivity index is 2.17.